The standard InChI is InChI=1S/C13H14O3/c1-3-16-13(15)6-4-5-11-9-10(2)7-8-12(11)14/h7-9,14H,3,6H2,1-2H3. The van der Waals surface area contributed by atoms with Crippen LogP contribution in [0, 0.1) is 18.8 Å². The van der Waals surface area contributed by atoms with Gasteiger partial charge in [0.1, 0.15) is 12.2 Å². The summed E-state index contributed by atoms with van der Waals surface area (Å²) in [5.74, 6) is 5.19. The minimum Gasteiger partial charge on any atom is -0.507 e. The predicted molar refractivity (Wildman–Crippen MR) is 61.0 cm³/mol. The topological polar surface area (TPSA) is 46.5 Å². The van der Waals surface area contributed by atoms with E-state index < -0.39 is 0 Å². The Morgan fingerprint density at radius 2 is 2.25 bits per heavy atom. The van der Waals surface area contributed by atoms with Crippen molar-refractivity contribution in [3.63, 3.8) is 0 Å². The second kappa shape index (κ2) is 5.82. The highest BCUT2D eigenvalue weighted by molar-refractivity contribution is 5.72. The van der Waals surface area contributed by atoms with Crippen LogP contribution in [0.3, 0.4) is 0 Å². The predicted octanol–water partition coefficient (Wildman–Crippen LogP) is 2.01. The molecule has 1 N–H and O–H groups in total. The molecule has 0 heterocycles. The highest BCUT2D eigenvalue weighted by atomic mass is 16.5. The van der Waals surface area contributed by atoms with Crippen molar-refractivity contribution in [1.82, 2.24) is 0 Å². The fraction of sp³-hybridized carbons (Fsp3) is 0.308. The van der Waals surface area contributed by atoms with Gasteiger partial charge >= 0.3 is 5.97 Å². The Morgan fingerprint density at radius 3 is 2.94 bits per heavy atom. The average molecular weight is 218 g/mol. The normalized spacial score (nSPS) is 9.12. The fourth-order valence-electron chi connectivity index (χ4n) is 1.17. The molecule has 0 saturated carbocycles. The molecule has 0 aliphatic heterocycles. The first-order valence-electron chi connectivity index (χ1n) is 5.07. The summed E-state index contributed by atoms with van der Waals surface area (Å²) < 4.78 is 4.73. The number of aromatic hydroxyl groups is 1. The molecule has 1 aromatic rings. The van der Waals surface area contributed by atoms with Gasteiger partial charge in [-0.1, -0.05) is 17.9 Å². The van der Waals surface area contributed by atoms with Gasteiger partial charge in [0.15, 0.2) is 0 Å². The zero-order valence-electron chi connectivity index (χ0n) is 9.41. The smallest absolute Gasteiger partial charge is 0.317 e. The van der Waals surface area contributed by atoms with Crippen molar-refractivity contribution in [2.45, 2.75) is 20.3 Å². The number of esters is 1. The third-order valence-corrected chi connectivity index (χ3v) is 1.91. The number of hydrogen-bond donors (Lipinski definition) is 1. The number of carbonyl (C=O) groups excluding carboxylic acids is 1. The molecule has 1 rings (SSSR count). The molecule has 0 radical (unpaired) electrons. The number of phenols is 1. The maximum Gasteiger partial charge on any atom is 0.317 e. The van der Waals surface area contributed by atoms with Gasteiger partial charge in [0.2, 0.25) is 0 Å². The number of hydrogen-bond acceptors (Lipinski definition) is 3. The molecule has 0 amide bonds. The summed E-state index contributed by atoms with van der Waals surface area (Å²) >= 11 is 0. The lowest BCUT2D eigenvalue weighted by Gasteiger charge is -1.98. The second-order valence-corrected chi connectivity index (χ2v) is 3.30. The first-order valence-corrected chi connectivity index (χ1v) is 5.07. The molecule has 0 aliphatic rings. The van der Waals surface area contributed by atoms with Crippen LogP contribution in [-0.2, 0) is 9.53 Å². The summed E-state index contributed by atoms with van der Waals surface area (Å²) in [6.07, 6.45) is 0.0429. The lowest BCUT2D eigenvalue weighted by Crippen LogP contribution is -2.01. The molecule has 1 aromatic carbocycles. The van der Waals surface area contributed by atoms with E-state index in [9.17, 15) is 9.90 Å². The fourth-order valence-corrected chi connectivity index (χ4v) is 1.17. The third kappa shape index (κ3) is 3.66. The van der Waals surface area contributed by atoms with Crippen LogP contribution in [0.25, 0.3) is 0 Å². The van der Waals surface area contributed by atoms with Gasteiger partial charge in [-0.05, 0) is 31.5 Å². The highest BCUT2D eigenvalue weighted by Crippen LogP contribution is 2.16. The second-order valence-electron chi connectivity index (χ2n) is 3.30. The minimum atomic E-state index is -0.345. The summed E-state index contributed by atoms with van der Waals surface area (Å²) in [5, 5.41) is 9.48. The molecular weight excluding hydrogens is 204 g/mol. The summed E-state index contributed by atoms with van der Waals surface area (Å²) in [6, 6.07) is 5.16. The first kappa shape index (κ1) is 12.1. The Labute approximate surface area is 95.1 Å². The van der Waals surface area contributed by atoms with Crippen molar-refractivity contribution in [1.29, 1.82) is 0 Å². The lowest BCUT2D eigenvalue weighted by molar-refractivity contribution is -0.141. The van der Waals surface area contributed by atoms with Crippen molar-refractivity contribution in [2.75, 3.05) is 6.61 Å². The Hall–Kier alpha value is -1.95. The van der Waals surface area contributed by atoms with Gasteiger partial charge in [0, 0.05) is 0 Å². The summed E-state index contributed by atoms with van der Waals surface area (Å²) in [4.78, 5) is 11.0. The SMILES string of the molecule is CCOC(=O)CC#Cc1cc(C)ccc1O. The summed E-state index contributed by atoms with van der Waals surface area (Å²) in [6.45, 7) is 4.02. The minimum absolute atomic E-state index is 0.0429. The van der Waals surface area contributed by atoms with E-state index in [0.29, 0.717) is 12.2 Å². The van der Waals surface area contributed by atoms with E-state index in [4.69, 9.17) is 4.74 Å². The number of ether oxygens (including phenoxy) is 1. The van der Waals surface area contributed by atoms with Gasteiger partial charge in [0.25, 0.3) is 0 Å². The molecule has 0 aliphatic carbocycles. The lowest BCUT2D eigenvalue weighted by atomic mass is 10.1. The molecule has 0 saturated heterocycles. The van der Waals surface area contributed by atoms with E-state index >= 15 is 0 Å². The Balaban J connectivity index is 2.69. The van der Waals surface area contributed by atoms with E-state index in [0.717, 1.165) is 5.56 Å². The van der Waals surface area contributed by atoms with Crippen molar-refractivity contribution in [2.24, 2.45) is 0 Å². The molecule has 0 bridgehead atoms. The van der Waals surface area contributed by atoms with Crippen LogP contribution in [0.1, 0.15) is 24.5 Å². The quantitative estimate of drug-likeness (QED) is 0.610. The van der Waals surface area contributed by atoms with Gasteiger partial charge in [-0.3, -0.25) is 4.79 Å². The van der Waals surface area contributed by atoms with Crippen molar-refractivity contribution >= 4 is 5.97 Å². The number of phenolic OH excluding ortho intramolecular Hbond substituents is 1. The van der Waals surface area contributed by atoms with E-state index in [1.807, 2.05) is 6.92 Å². The van der Waals surface area contributed by atoms with E-state index in [-0.39, 0.29) is 18.1 Å². The molecule has 84 valence electrons. The molecule has 0 unspecified atom stereocenters. The van der Waals surface area contributed by atoms with Crippen molar-refractivity contribution in [3.8, 4) is 17.6 Å². The third-order valence-electron chi connectivity index (χ3n) is 1.91. The van der Waals surface area contributed by atoms with Gasteiger partial charge in [0.05, 0.1) is 12.2 Å². The van der Waals surface area contributed by atoms with Crippen LogP contribution < -0.4 is 0 Å². The van der Waals surface area contributed by atoms with Gasteiger partial charge in [-0.2, -0.15) is 0 Å². The Kier molecular flexibility index (Phi) is 4.41. The van der Waals surface area contributed by atoms with Crippen LogP contribution >= 0.6 is 0 Å². The van der Waals surface area contributed by atoms with Crippen LogP contribution in [0.15, 0.2) is 18.2 Å². The zero-order chi connectivity index (χ0) is 12.0. The molecule has 0 aromatic heterocycles. The van der Waals surface area contributed by atoms with Crippen LogP contribution in [-0.4, -0.2) is 17.7 Å². The van der Waals surface area contributed by atoms with Crippen molar-refractivity contribution < 1.29 is 14.6 Å². The zero-order valence-corrected chi connectivity index (χ0v) is 9.41. The Morgan fingerprint density at radius 1 is 1.50 bits per heavy atom. The number of aryl methyl sites for hydroxylation is 1. The van der Waals surface area contributed by atoms with Crippen molar-refractivity contribution in [3.05, 3.63) is 29.3 Å². The van der Waals surface area contributed by atoms with Crippen LogP contribution in [0.4, 0.5) is 0 Å². The molecule has 16 heavy (non-hydrogen) atoms. The van der Waals surface area contributed by atoms with Gasteiger partial charge in [-0.25, -0.2) is 0 Å². The molecule has 0 atom stereocenters. The molecule has 3 heteroatoms. The molecular formula is C13H14O3. The Bertz CT molecular complexity index is 438. The maximum absolute atomic E-state index is 11.0. The summed E-state index contributed by atoms with van der Waals surface area (Å²) in [5.41, 5.74) is 1.54. The van der Waals surface area contributed by atoms with Gasteiger partial charge < -0.3 is 9.84 Å². The highest BCUT2D eigenvalue weighted by Gasteiger charge is 1.99. The van der Waals surface area contributed by atoms with E-state index in [2.05, 4.69) is 11.8 Å². The maximum atomic E-state index is 11.0. The average Bonchev–Trinajstić information content (AvgIpc) is 2.23. The summed E-state index contributed by atoms with van der Waals surface area (Å²) in [7, 11) is 0. The molecule has 0 spiro atoms. The molecule has 3 nitrogen and oxygen atoms in total. The monoisotopic (exact) mass is 218 g/mol. The van der Waals surface area contributed by atoms with E-state index in [1.165, 1.54) is 0 Å². The number of rotatable bonds is 2. The molecule has 0 fully saturated rings. The number of carbonyl (C=O) groups is 1. The van der Waals surface area contributed by atoms with Crippen LogP contribution in [0.5, 0.6) is 5.75 Å². The first-order chi connectivity index (χ1) is 7.63. The van der Waals surface area contributed by atoms with Crippen LogP contribution in [0.2, 0.25) is 0 Å². The van der Waals surface area contributed by atoms with E-state index in [1.54, 1.807) is 25.1 Å². The largest absolute Gasteiger partial charge is 0.507 e. The van der Waals surface area contributed by atoms with Gasteiger partial charge in [-0.15, -0.1) is 0 Å². The number of benzene rings is 1.